The van der Waals surface area contributed by atoms with Gasteiger partial charge in [-0.05, 0) is 62.1 Å². The van der Waals surface area contributed by atoms with Crippen LogP contribution in [0.1, 0.15) is 44.2 Å². The summed E-state index contributed by atoms with van der Waals surface area (Å²) in [6, 6.07) is 11.6. The molecular formula is C27H34Cl3N5O2. The van der Waals surface area contributed by atoms with Crippen LogP contribution in [0, 0.1) is 5.92 Å². The predicted octanol–water partition coefficient (Wildman–Crippen LogP) is 5.10. The zero-order chi connectivity index (χ0) is 26.5. The lowest BCUT2D eigenvalue weighted by atomic mass is 9.95. The molecule has 7 nitrogen and oxygen atoms in total. The zero-order valence-electron chi connectivity index (χ0n) is 21.0. The van der Waals surface area contributed by atoms with Crippen LogP contribution in [-0.4, -0.2) is 55.5 Å². The van der Waals surface area contributed by atoms with Crippen LogP contribution in [0.2, 0.25) is 15.1 Å². The zero-order valence-corrected chi connectivity index (χ0v) is 23.3. The molecule has 0 spiro atoms. The van der Waals surface area contributed by atoms with Crippen LogP contribution >= 0.6 is 34.8 Å². The van der Waals surface area contributed by atoms with Gasteiger partial charge in [-0.3, -0.25) is 9.59 Å². The van der Waals surface area contributed by atoms with E-state index in [-0.39, 0.29) is 29.8 Å². The number of hydrogen-bond donors (Lipinski definition) is 3. The largest absolute Gasteiger partial charge is 0.377 e. The first-order valence-electron chi connectivity index (χ1n) is 12.8. The van der Waals surface area contributed by atoms with Crippen LogP contribution in [-0.2, 0) is 9.59 Å². The number of halogens is 3. The molecule has 2 aliphatic rings. The van der Waals surface area contributed by atoms with Crippen LogP contribution in [0.25, 0.3) is 0 Å². The molecule has 2 fully saturated rings. The number of anilines is 2. The lowest BCUT2D eigenvalue weighted by molar-refractivity contribution is -0.135. The van der Waals surface area contributed by atoms with E-state index >= 15 is 0 Å². The second-order valence-corrected chi connectivity index (χ2v) is 11.1. The number of nitrogens with two attached hydrogens (primary N) is 1. The Morgan fingerprint density at radius 3 is 2.49 bits per heavy atom. The summed E-state index contributed by atoms with van der Waals surface area (Å²) < 4.78 is 0. The molecule has 200 valence electrons. The molecule has 2 aromatic rings. The number of piperidine rings is 1. The normalized spacial score (nSPS) is 19.2. The Morgan fingerprint density at radius 2 is 1.78 bits per heavy atom. The Labute approximate surface area is 233 Å². The number of nitrogens with one attached hydrogen (secondary N) is 2. The first kappa shape index (κ1) is 27.8. The minimum absolute atomic E-state index is 0.0394. The Kier molecular flexibility index (Phi) is 9.46. The van der Waals surface area contributed by atoms with Crippen LogP contribution in [0.15, 0.2) is 36.4 Å². The van der Waals surface area contributed by atoms with Gasteiger partial charge in [0.15, 0.2) is 0 Å². The average molecular weight is 567 g/mol. The highest BCUT2D eigenvalue weighted by molar-refractivity contribution is 6.35. The van der Waals surface area contributed by atoms with Crippen LogP contribution in [0.5, 0.6) is 0 Å². The van der Waals surface area contributed by atoms with E-state index in [2.05, 4.69) is 21.6 Å². The van der Waals surface area contributed by atoms with Crippen molar-refractivity contribution in [2.24, 2.45) is 11.7 Å². The van der Waals surface area contributed by atoms with Gasteiger partial charge >= 0.3 is 0 Å². The van der Waals surface area contributed by atoms with E-state index in [1.807, 2.05) is 36.1 Å². The van der Waals surface area contributed by atoms with E-state index in [0.717, 1.165) is 55.8 Å². The van der Waals surface area contributed by atoms with E-state index < -0.39 is 0 Å². The lowest BCUT2D eigenvalue weighted by Gasteiger charge is -2.35. The molecule has 0 saturated carbocycles. The Bertz CT molecular complexity index is 1120. The number of amides is 2. The van der Waals surface area contributed by atoms with Crippen molar-refractivity contribution in [2.45, 2.75) is 44.7 Å². The maximum Gasteiger partial charge on any atom is 0.225 e. The van der Waals surface area contributed by atoms with E-state index in [0.29, 0.717) is 34.6 Å². The van der Waals surface area contributed by atoms with Crippen molar-refractivity contribution < 1.29 is 9.59 Å². The third-order valence-electron chi connectivity index (χ3n) is 7.26. The number of rotatable bonds is 9. The third-order valence-corrected chi connectivity index (χ3v) is 8.16. The molecule has 2 amide bonds. The maximum atomic E-state index is 13.1. The summed E-state index contributed by atoms with van der Waals surface area (Å²) in [5, 5.41) is 8.66. The summed E-state index contributed by atoms with van der Waals surface area (Å²) in [5.41, 5.74) is 8.06. The predicted molar refractivity (Wildman–Crippen MR) is 152 cm³/mol. The van der Waals surface area contributed by atoms with Gasteiger partial charge in [-0.1, -0.05) is 40.9 Å². The van der Waals surface area contributed by atoms with Gasteiger partial charge in [0.2, 0.25) is 11.8 Å². The molecule has 2 unspecified atom stereocenters. The van der Waals surface area contributed by atoms with Gasteiger partial charge < -0.3 is 26.2 Å². The van der Waals surface area contributed by atoms with Crippen LogP contribution in [0.3, 0.4) is 0 Å². The van der Waals surface area contributed by atoms with Gasteiger partial charge in [0, 0.05) is 66.8 Å². The van der Waals surface area contributed by atoms with E-state index in [1.165, 1.54) is 0 Å². The second kappa shape index (κ2) is 12.6. The highest BCUT2D eigenvalue weighted by Gasteiger charge is 2.33. The van der Waals surface area contributed by atoms with E-state index in [4.69, 9.17) is 40.5 Å². The van der Waals surface area contributed by atoms with Gasteiger partial charge in [-0.25, -0.2) is 0 Å². The van der Waals surface area contributed by atoms with Gasteiger partial charge in [-0.15, -0.1) is 0 Å². The molecule has 4 rings (SSSR count). The fourth-order valence-corrected chi connectivity index (χ4v) is 5.90. The van der Waals surface area contributed by atoms with Gasteiger partial charge in [-0.2, -0.15) is 0 Å². The van der Waals surface area contributed by atoms with Crippen molar-refractivity contribution in [3.8, 4) is 0 Å². The van der Waals surface area contributed by atoms with Crippen LogP contribution < -0.4 is 21.3 Å². The maximum absolute atomic E-state index is 13.1. The van der Waals surface area contributed by atoms with Crippen molar-refractivity contribution >= 4 is 58.0 Å². The van der Waals surface area contributed by atoms with Crippen molar-refractivity contribution in [3.05, 3.63) is 57.0 Å². The summed E-state index contributed by atoms with van der Waals surface area (Å²) in [6.45, 7) is 5.67. The molecule has 37 heavy (non-hydrogen) atoms. The summed E-state index contributed by atoms with van der Waals surface area (Å²) in [7, 11) is 0. The molecule has 0 aliphatic carbocycles. The minimum Gasteiger partial charge on any atom is -0.377 e. The standard InChI is InChI=1S/C27H34Cl3N5O2/c1-17(22-4-2-19(28)14-24(22)30)33-25-15-21(3-5-23(25)29)34-11-7-18(8-12-34)27(37)35-13-9-20(16-35)32-10-6-26(31)36/h2-5,14-15,17-18,20,32-33H,6-13,16H2,1H3,(H2,31,36). The Hall–Kier alpha value is -2.19. The number of nitrogens with zero attached hydrogens (tertiary/aromatic N) is 2. The summed E-state index contributed by atoms with van der Waals surface area (Å²) in [5.74, 6) is -0.0298. The summed E-state index contributed by atoms with van der Waals surface area (Å²) in [6.07, 6.45) is 2.86. The van der Waals surface area contributed by atoms with E-state index in [9.17, 15) is 9.59 Å². The van der Waals surface area contributed by atoms with Gasteiger partial charge in [0.1, 0.15) is 0 Å². The Morgan fingerprint density at radius 1 is 1.03 bits per heavy atom. The summed E-state index contributed by atoms with van der Waals surface area (Å²) >= 11 is 19.0. The van der Waals surface area contributed by atoms with Gasteiger partial charge in [0.05, 0.1) is 16.8 Å². The SMILES string of the molecule is CC(Nc1cc(N2CCC(C(=O)N3CCC(NCCC(N)=O)C3)CC2)ccc1Cl)c1ccc(Cl)cc1Cl. The number of likely N-dealkylation sites (tertiary alicyclic amines) is 1. The van der Waals surface area contributed by atoms with Crippen molar-refractivity contribution in [1.29, 1.82) is 0 Å². The minimum atomic E-state index is -0.311. The van der Waals surface area contributed by atoms with Crippen molar-refractivity contribution in [3.63, 3.8) is 0 Å². The third kappa shape index (κ3) is 7.23. The monoisotopic (exact) mass is 565 g/mol. The fourth-order valence-electron chi connectivity index (χ4n) is 5.15. The molecular weight excluding hydrogens is 533 g/mol. The Balaban J connectivity index is 1.31. The number of benzene rings is 2. The number of carbonyl (C=O) groups excluding carboxylic acids is 2. The number of hydrogen-bond acceptors (Lipinski definition) is 5. The summed E-state index contributed by atoms with van der Waals surface area (Å²) in [4.78, 5) is 28.3. The molecule has 0 radical (unpaired) electrons. The quantitative estimate of drug-likeness (QED) is 0.393. The van der Waals surface area contributed by atoms with Crippen LogP contribution in [0.4, 0.5) is 11.4 Å². The van der Waals surface area contributed by atoms with E-state index in [1.54, 1.807) is 6.07 Å². The first-order chi connectivity index (χ1) is 17.7. The smallest absolute Gasteiger partial charge is 0.225 e. The number of carbonyl (C=O) groups is 2. The second-order valence-electron chi connectivity index (χ2n) is 9.90. The molecule has 2 aliphatic heterocycles. The first-order valence-corrected chi connectivity index (χ1v) is 13.9. The van der Waals surface area contributed by atoms with Crippen molar-refractivity contribution in [2.75, 3.05) is 42.9 Å². The number of primary amides is 1. The molecule has 4 N–H and O–H groups in total. The van der Waals surface area contributed by atoms with Gasteiger partial charge in [0.25, 0.3) is 0 Å². The lowest BCUT2D eigenvalue weighted by Crippen LogP contribution is -2.43. The molecule has 2 atom stereocenters. The highest BCUT2D eigenvalue weighted by atomic mass is 35.5. The highest BCUT2D eigenvalue weighted by Crippen LogP contribution is 2.34. The topological polar surface area (TPSA) is 90.7 Å². The molecule has 10 heteroatoms. The molecule has 2 saturated heterocycles. The average Bonchev–Trinajstić information content (AvgIpc) is 3.33. The molecule has 0 aromatic heterocycles. The van der Waals surface area contributed by atoms with Crippen molar-refractivity contribution in [1.82, 2.24) is 10.2 Å². The fraction of sp³-hybridized carbons (Fsp3) is 0.481. The molecule has 0 bridgehead atoms. The molecule has 2 heterocycles. The molecule has 2 aromatic carbocycles.